The van der Waals surface area contributed by atoms with E-state index in [0.29, 0.717) is 10.8 Å². The highest BCUT2D eigenvalue weighted by molar-refractivity contribution is 5.34. The van der Waals surface area contributed by atoms with Gasteiger partial charge in [-0.15, -0.1) is 0 Å². The summed E-state index contributed by atoms with van der Waals surface area (Å²) in [6, 6.07) is 9.11. The molecular formula is C17H27N. The maximum absolute atomic E-state index is 3.41. The highest BCUT2D eigenvalue weighted by Gasteiger charge is 2.52. The average molecular weight is 245 g/mol. The predicted molar refractivity (Wildman–Crippen MR) is 79.0 cm³/mol. The van der Waals surface area contributed by atoms with Gasteiger partial charge in [-0.05, 0) is 37.8 Å². The van der Waals surface area contributed by atoms with Gasteiger partial charge in [0.1, 0.15) is 0 Å². The molecule has 0 aromatic heterocycles. The summed E-state index contributed by atoms with van der Waals surface area (Å²) in [5.74, 6) is 0. The van der Waals surface area contributed by atoms with Crippen molar-refractivity contribution in [2.45, 2.75) is 51.9 Å². The van der Waals surface area contributed by atoms with E-state index in [2.05, 4.69) is 57.4 Å². The zero-order valence-electron chi connectivity index (χ0n) is 12.3. The molecule has 18 heavy (non-hydrogen) atoms. The predicted octanol–water partition coefficient (Wildman–Crippen LogP) is 4.05. The second kappa shape index (κ2) is 5.05. The van der Waals surface area contributed by atoms with Gasteiger partial charge in [0.05, 0.1) is 0 Å². The molecule has 1 aromatic rings. The lowest BCUT2D eigenvalue weighted by Gasteiger charge is -2.57. The summed E-state index contributed by atoms with van der Waals surface area (Å²) in [5.41, 5.74) is 3.90. The van der Waals surface area contributed by atoms with Crippen molar-refractivity contribution in [3.63, 3.8) is 0 Å². The van der Waals surface area contributed by atoms with Crippen molar-refractivity contribution in [1.82, 2.24) is 5.32 Å². The SMILES string of the molecule is CCC1(CC)CC(CNC)(c2cccc(C)c2)C1. The summed E-state index contributed by atoms with van der Waals surface area (Å²) in [4.78, 5) is 0. The zero-order valence-corrected chi connectivity index (χ0v) is 12.3. The van der Waals surface area contributed by atoms with Gasteiger partial charge in [0.25, 0.3) is 0 Å². The third-order valence-electron chi connectivity index (χ3n) is 5.07. The van der Waals surface area contributed by atoms with Gasteiger partial charge in [-0.1, -0.05) is 56.5 Å². The van der Waals surface area contributed by atoms with Gasteiger partial charge in [0.2, 0.25) is 0 Å². The van der Waals surface area contributed by atoms with Crippen LogP contribution in [-0.2, 0) is 5.41 Å². The number of nitrogens with one attached hydrogen (secondary N) is 1. The van der Waals surface area contributed by atoms with E-state index in [1.807, 2.05) is 0 Å². The molecule has 0 unspecified atom stereocenters. The number of aryl methyl sites for hydroxylation is 1. The molecule has 2 rings (SSSR count). The summed E-state index contributed by atoms with van der Waals surface area (Å²) >= 11 is 0. The molecule has 1 heteroatoms. The van der Waals surface area contributed by atoms with E-state index in [0.717, 1.165) is 6.54 Å². The smallest absolute Gasteiger partial charge is 0.00883 e. The minimum absolute atomic E-state index is 0.382. The van der Waals surface area contributed by atoms with E-state index in [9.17, 15) is 0 Å². The second-order valence-corrected chi connectivity index (χ2v) is 6.24. The number of rotatable bonds is 5. The van der Waals surface area contributed by atoms with Crippen LogP contribution in [0.3, 0.4) is 0 Å². The number of hydrogen-bond acceptors (Lipinski definition) is 1. The van der Waals surface area contributed by atoms with Crippen LogP contribution >= 0.6 is 0 Å². The van der Waals surface area contributed by atoms with E-state index in [4.69, 9.17) is 0 Å². The molecule has 0 bridgehead atoms. The first-order chi connectivity index (χ1) is 8.60. The van der Waals surface area contributed by atoms with E-state index in [1.54, 1.807) is 0 Å². The molecule has 1 N–H and O–H groups in total. The molecule has 1 saturated carbocycles. The quantitative estimate of drug-likeness (QED) is 0.825. The molecule has 1 aliphatic rings. The van der Waals surface area contributed by atoms with Crippen molar-refractivity contribution in [2.24, 2.45) is 5.41 Å². The van der Waals surface area contributed by atoms with Crippen LogP contribution in [0.25, 0.3) is 0 Å². The molecule has 1 nitrogen and oxygen atoms in total. The van der Waals surface area contributed by atoms with Gasteiger partial charge in [-0.3, -0.25) is 0 Å². The zero-order chi connectivity index (χ0) is 13.2. The standard InChI is InChI=1S/C17H27N/c1-5-16(6-2)11-17(12-16,13-18-4)15-9-7-8-14(3)10-15/h7-10,18H,5-6,11-13H2,1-4H3. The van der Waals surface area contributed by atoms with E-state index >= 15 is 0 Å². The van der Waals surface area contributed by atoms with Gasteiger partial charge in [0, 0.05) is 12.0 Å². The Morgan fingerprint density at radius 2 is 1.83 bits per heavy atom. The molecule has 0 atom stereocenters. The fraction of sp³-hybridized carbons (Fsp3) is 0.647. The summed E-state index contributed by atoms with van der Waals surface area (Å²) in [6.45, 7) is 8.01. The van der Waals surface area contributed by atoms with Crippen molar-refractivity contribution in [3.8, 4) is 0 Å². The first kappa shape index (κ1) is 13.6. The molecule has 0 saturated heterocycles. The lowest BCUT2D eigenvalue weighted by molar-refractivity contribution is 0.0140. The van der Waals surface area contributed by atoms with Crippen molar-refractivity contribution in [3.05, 3.63) is 35.4 Å². The monoisotopic (exact) mass is 245 g/mol. The second-order valence-electron chi connectivity index (χ2n) is 6.24. The van der Waals surface area contributed by atoms with Crippen molar-refractivity contribution >= 4 is 0 Å². The minimum Gasteiger partial charge on any atom is -0.319 e. The van der Waals surface area contributed by atoms with E-state index < -0.39 is 0 Å². The number of hydrogen-bond donors (Lipinski definition) is 1. The van der Waals surface area contributed by atoms with Crippen LogP contribution in [-0.4, -0.2) is 13.6 Å². The molecule has 0 radical (unpaired) electrons. The number of benzene rings is 1. The third-order valence-corrected chi connectivity index (χ3v) is 5.07. The van der Waals surface area contributed by atoms with Crippen LogP contribution in [0.1, 0.15) is 50.7 Å². The summed E-state index contributed by atoms with van der Waals surface area (Å²) in [7, 11) is 2.08. The molecule has 0 heterocycles. The van der Waals surface area contributed by atoms with Gasteiger partial charge in [-0.2, -0.15) is 0 Å². The maximum atomic E-state index is 3.41. The maximum Gasteiger partial charge on any atom is 0.00883 e. The van der Waals surface area contributed by atoms with E-state index in [-0.39, 0.29) is 0 Å². The van der Waals surface area contributed by atoms with Gasteiger partial charge in [-0.25, -0.2) is 0 Å². The van der Waals surface area contributed by atoms with Crippen LogP contribution in [0.5, 0.6) is 0 Å². The van der Waals surface area contributed by atoms with Crippen molar-refractivity contribution < 1.29 is 0 Å². The van der Waals surface area contributed by atoms with Crippen molar-refractivity contribution in [1.29, 1.82) is 0 Å². The van der Waals surface area contributed by atoms with Crippen LogP contribution in [0.15, 0.2) is 24.3 Å². The third kappa shape index (κ3) is 2.21. The normalized spacial score (nSPS) is 20.4. The molecule has 0 spiro atoms. The van der Waals surface area contributed by atoms with Crippen LogP contribution in [0.4, 0.5) is 0 Å². The van der Waals surface area contributed by atoms with Gasteiger partial charge < -0.3 is 5.32 Å². The fourth-order valence-electron chi connectivity index (χ4n) is 3.88. The molecule has 100 valence electrons. The first-order valence-corrected chi connectivity index (χ1v) is 7.31. The topological polar surface area (TPSA) is 12.0 Å². The lowest BCUT2D eigenvalue weighted by Crippen LogP contribution is -2.54. The van der Waals surface area contributed by atoms with E-state index in [1.165, 1.54) is 36.8 Å². The summed E-state index contributed by atoms with van der Waals surface area (Å²) in [5, 5.41) is 3.41. The Balaban J connectivity index is 2.26. The highest BCUT2D eigenvalue weighted by Crippen LogP contribution is 2.58. The highest BCUT2D eigenvalue weighted by atomic mass is 14.8. The summed E-state index contributed by atoms with van der Waals surface area (Å²) < 4.78 is 0. The Kier molecular flexibility index (Phi) is 3.82. The molecular weight excluding hydrogens is 218 g/mol. The van der Waals surface area contributed by atoms with Gasteiger partial charge >= 0.3 is 0 Å². The van der Waals surface area contributed by atoms with Crippen molar-refractivity contribution in [2.75, 3.05) is 13.6 Å². The molecule has 1 aliphatic carbocycles. The fourth-order valence-corrected chi connectivity index (χ4v) is 3.88. The molecule has 1 aromatic carbocycles. The Hall–Kier alpha value is -0.820. The lowest BCUT2D eigenvalue weighted by atomic mass is 9.48. The molecule has 0 aliphatic heterocycles. The Morgan fingerprint density at radius 3 is 2.33 bits per heavy atom. The first-order valence-electron chi connectivity index (χ1n) is 7.31. The Morgan fingerprint density at radius 1 is 1.17 bits per heavy atom. The Labute approximate surface area is 112 Å². The van der Waals surface area contributed by atoms with Crippen LogP contribution < -0.4 is 5.32 Å². The Bertz CT molecular complexity index is 396. The number of likely N-dealkylation sites (N-methyl/N-ethyl adjacent to an activating group) is 1. The average Bonchev–Trinajstić information content (AvgIpc) is 2.33. The molecule has 1 fully saturated rings. The van der Waals surface area contributed by atoms with Gasteiger partial charge in [0.15, 0.2) is 0 Å². The minimum atomic E-state index is 0.382. The van der Waals surface area contributed by atoms with Crippen LogP contribution in [0.2, 0.25) is 0 Å². The molecule has 0 amide bonds. The largest absolute Gasteiger partial charge is 0.319 e. The summed E-state index contributed by atoms with van der Waals surface area (Å²) in [6.07, 6.45) is 5.33. The van der Waals surface area contributed by atoms with Crippen LogP contribution in [0, 0.1) is 12.3 Å².